The molecule has 6 nitrogen and oxygen atoms in total. The van der Waals surface area contributed by atoms with Gasteiger partial charge in [-0.15, -0.1) is 11.3 Å². The number of hydrogen-bond donors (Lipinski definition) is 1. The van der Waals surface area contributed by atoms with E-state index in [1.165, 1.54) is 22.5 Å². The second kappa shape index (κ2) is 6.39. The second-order valence-corrected chi connectivity index (χ2v) is 6.40. The Balaban J connectivity index is 1.89. The highest BCUT2D eigenvalue weighted by atomic mass is 35.5. The van der Waals surface area contributed by atoms with Crippen LogP contribution in [0.15, 0.2) is 41.0 Å². The molecule has 3 rings (SSSR count). The lowest BCUT2D eigenvalue weighted by molar-refractivity contribution is -0.137. The largest absolute Gasteiger partial charge is 0.480 e. The first-order valence-corrected chi connectivity index (χ1v) is 7.82. The molecule has 1 amide bonds. The van der Waals surface area contributed by atoms with Gasteiger partial charge < -0.3 is 14.4 Å². The topological polar surface area (TPSA) is 83.6 Å². The molecule has 0 saturated carbocycles. The second-order valence-electron chi connectivity index (χ2n) is 4.78. The first-order chi connectivity index (χ1) is 11.0. The van der Waals surface area contributed by atoms with E-state index in [0.29, 0.717) is 21.3 Å². The predicted octanol–water partition coefficient (Wildman–Crippen LogP) is 3.27. The third-order valence-corrected chi connectivity index (χ3v) is 4.29. The van der Waals surface area contributed by atoms with Gasteiger partial charge in [0.25, 0.3) is 5.91 Å². The molecule has 0 aliphatic carbocycles. The molecule has 2 aromatic heterocycles. The summed E-state index contributed by atoms with van der Waals surface area (Å²) in [5.74, 6) is -0.991. The van der Waals surface area contributed by atoms with Crippen LogP contribution in [0.5, 0.6) is 0 Å². The summed E-state index contributed by atoms with van der Waals surface area (Å²) in [5.41, 5.74) is 0.964. The zero-order chi connectivity index (χ0) is 16.4. The predicted molar refractivity (Wildman–Crippen MR) is 85.7 cm³/mol. The summed E-state index contributed by atoms with van der Waals surface area (Å²) in [7, 11) is 0. The van der Waals surface area contributed by atoms with Crippen LogP contribution in [0.2, 0.25) is 4.47 Å². The number of furan rings is 1. The number of fused-ring (bicyclic) bond motifs is 1. The SMILES string of the molecule is O=C(O)CN(Cc1ccco1)C(=O)c1ccc2sc(Cl)nc2c1. The lowest BCUT2D eigenvalue weighted by atomic mass is 10.2. The number of amides is 1. The van der Waals surface area contributed by atoms with Gasteiger partial charge in [0, 0.05) is 5.56 Å². The van der Waals surface area contributed by atoms with E-state index in [1.807, 2.05) is 0 Å². The minimum absolute atomic E-state index is 0.0774. The Morgan fingerprint density at radius 2 is 2.17 bits per heavy atom. The molecule has 1 aromatic carbocycles. The summed E-state index contributed by atoms with van der Waals surface area (Å²) in [5, 5.41) is 9.03. The molecule has 23 heavy (non-hydrogen) atoms. The highest BCUT2D eigenvalue weighted by Gasteiger charge is 2.20. The van der Waals surface area contributed by atoms with Gasteiger partial charge in [-0.05, 0) is 30.3 Å². The summed E-state index contributed by atoms with van der Waals surface area (Å²) in [4.78, 5) is 29.0. The van der Waals surface area contributed by atoms with Crippen molar-refractivity contribution >= 4 is 45.0 Å². The van der Waals surface area contributed by atoms with Gasteiger partial charge in [-0.25, -0.2) is 4.98 Å². The molecule has 8 heteroatoms. The Kier molecular flexibility index (Phi) is 4.31. The monoisotopic (exact) mass is 350 g/mol. The fraction of sp³-hybridized carbons (Fsp3) is 0.133. The molecule has 0 fully saturated rings. The van der Waals surface area contributed by atoms with E-state index in [-0.39, 0.29) is 6.54 Å². The molecule has 0 aliphatic heterocycles. The summed E-state index contributed by atoms with van der Waals surface area (Å²) >= 11 is 7.18. The van der Waals surface area contributed by atoms with Crippen molar-refractivity contribution < 1.29 is 19.1 Å². The summed E-state index contributed by atoms with van der Waals surface area (Å²) in [6.45, 7) is -0.344. The van der Waals surface area contributed by atoms with E-state index in [9.17, 15) is 9.59 Å². The zero-order valence-corrected chi connectivity index (χ0v) is 13.3. The Morgan fingerprint density at radius 3 is 2.87 bits per heavy atom. The number of aliphatic carboxylic acids is 1. The molecule has 1 N–H and O–H groups in total. The van der Waals surface area contributed by atoms with Gasteiger partial charge in [0.15, 0.2) is 4.47 Å². The quantitative estimate of drug-likeness (QED) is 0.763. The van der Waals surface area contributed by atoms with Crippen LogP contribution < -0.4 is 0 Å². The molecule has 0 spiro atoms. The molecule has 3 aromatic rings. The zero-order valence-electron chi connectivity index (χ0n) is 11.7. The minimum Gasteiger partial charge on any atom is -0.480 e. The number of nitrogens with zero attached hydrogens (tertiary/aromatic N) is 2. The van der Waals surface area contributed by atoms with Crippen LogP contribution in [-0.4, -0.2) is 33.4 Å². The molecule has 0 radical (unpaired) electrons. The number of carbonyl (C=O) groups is 2. The van der Waals surface area contributed by atoms with Crippen LogP contribution in [0.1, 0.15) is 16.1 Å². The molecule has 0 unspecified atom stereocenters. The third kappa shape index (κ3) is 3.52. The molecule has 0 bridgehead atoms. The van der Waals surface area contributed by atoms with Gasteiger partial charge >= 0.3 is 5.97 Å². The number of aromatic nitrogens is 1. The lowest BCUT2D eigenvalue weighted by Gasteiger charge is -2.19. The average Bonchev–Trinajstić information content (AvgIpc) is 3.12. The maximum absolute atomic E-state index is 12.6. The first-order valence-electron chi connectivity index (χ1n) is 6.62. The maximum Gasteiger partial charge on any atom is 0.323 e. The van der Waals surface area contributed by atoms with Gasteiger partial charge in [-0.2, -0.15) is 0 Å². The van der Waals surface area contributed by atoms with Crippen molar-refractivity contribution in [1.82, 2.24) is 9.88 Å². The van der Waals surface area contributed by atoms with Crippen molar-refractivity contribution in [3.8, 4) is 0 Å². The summed E-state index contributed by atoms with van der Waals surface area (Å²) in [6, 6.07) is 8.36. The normalized spacial score (nSPS) is 10.8. The van der Waals surface area contributed by atoms with E-state index in [1.54, 1.807) is 30.3 Å². The van der Waals surface area contributed by atoms with Gasteiger partial charge in [-0.3, -0.25) is 9.59 Å². The summed E-state index contributed by atoms with van der Waals surface area (Å²) in [6.07, 6.45) is 1.47. The van der Waals surface area contributed by atoms with Crippen molar-refractivity contribution in [1.29, 1.82) is 0 Å². The van der Waals surface area contributed by atoms with Crippen LogP contribution in [-0.2, 0) is 11.3 Å². The van der Waals surface area contributed by atoms with Crippen molar-refractivity contribution in [3.63, 3.8) is 0 Å². The van der Waals surface area contributed by atoms with Crippen molar-refractivity contribution in [2.75, 3.05) is 6.54 Å². The van der Waals surface area contributed by atoms with E-state index in [4.69, 9.17) is 21.1 Å². The van der Waals surface area contributed by atoms with E-state index in [0.717, 1.165) is 4.70 Å². The van der Waals surface area contributed by atoms with E-state index >= 15 is 0 Å². The number of halogens is 1. The highest BCUT2D eigenvalue weighted by Crippen LogP contribution is 2.26. The standard InChI is InChI=1S/C15H11ClN2O4S/c16-15-17-11-6-9(3-4-12(11)23-15)14(21)18(8-13(19)20)7-10-2-1-5-22-10/h1-6H,7-8H2,(H,19,20). The molecular weight excluding hydrogens is 340 g/mol. The fourth-order valence-electron chi connectivity index (χ4n) is 2.17. The van der Waals surface area contributed by atoms with Gasteiger partial charge in [-0.1, -0.05) is 11.6 Å². The van der Waals surface area contributed by atoms with Crippen molar-refractivity contribution in [2.45, 2.75) is 6.54 Å². The maximum atomic E-state index is 12.6. The Labute approximate surface area is 139 Å². The van der Waals surface area contributed by atoms with E-state index < -0.39 is 18.4 Å². The summed E-state index contributed by atoms with van der Waals surface area (Å²) < 4.78 is 6.44. The number of rotatable bonds is 5. The molecule has 0 aliphatic rings. The third-order valence-electron chi connectivity index (χ3n) is 3.15. The van der Waals surface area contributed by atoms with Crippen LogP contribution in [0, 0.1) is 0 Å². The molecule has 0 saturated heterocycles. The Hall–Kier alpha value is -2.38. The van der Waals surface area contributed by atoms with Crippen LogP contribution in [0.25, 0.3) is 10.2 Å². The molecular formula is C15H11ClN2O4S. The number of carboxylic acids is 1. The van der Waals surface area contributed by atoms with Gasteiger partial charge in [0.1, 0.15) is 12.3 Å². The number of thiazole rings is 1. The van der Waals surface area contributed by atoms with Crippen molar-refractivity contribution in [2.24, 2.45) is 0 Å². The molecule has 2 heterocycles. The smallest absolute Gasteiger partial charge is 0.323 e. The average molecular weight is 351 g/mol. The molecule has 118 valence electrons. The fourth-order valence-corrected chi connectivity index (χ4v) is 3.18. The van der Waals surface area contributed by atoms with Crippen molar-refractivity contribution in [3.05, 3.63) is 52.4 Å². The van der Waals surface area contributed by atoms with Crippen LogP contribution >= 0.6 is 22.9 Å². The molecule has 0 atom stereocenters. The number of benzene rings is 1. The van der Waals surface area contributed by atoms with E-state index in [2.05, 4.69) is 4.98 Å². The number of hydrogen-bond acceptors (Lipinski definition) is 5. The van der Waals surface area contributed by atoms with Gasteiger partial charge in [0.05, 0.1) is 23.0 Å². The Bertz CT molecular complexity index is 860. The first kappa shape index (κ1) is 15.5. The number of carbonyl (C=O) groups excluding carboxylic acids is 1. The minimum atomic E-state index is -1.09. The highest BCUT2D eigenvalue weighted by molar-refractivity contribution is 7.22. The van der Waals surface area contributed by atoms with Gasteiger partial charge in [0.2, 0.25) is 0 Å². The van der Waals surface area contributed by atoms with Crippen LogP contribution in [0.3, 0.4) is 0 Å². The van der Waals surface area contributed by atoms with Crippen LogP contribution in [0.4, 0.5) is 0 Å². The number of carboxylic acid groups (broad SMARTS) is 1. The Morgan fingerprint density at radius 1 is 1.35 bits per heavy atom. The lowest BCUT2D eigenvalue weighted by Crippen LogP contribution is -2.35.